The predicted octanol–water partition coefficient (Wildman–Crippen LogP) is 0.855. The quantitative estimate of drug-likeness (QED) is 0.685. The lowest BCUT2D eigenvalue weighted by atomic mass is 10.1. The van der Waals surface area contributed by atoms with Crippen LogP contribution < -0.4 is 5.32 Å². The molecule has 0 aromatic carbocycles. The molecule has 19 heavy (non-hydrogen) atoms. The molecular weight excluding hydrogens is 242 g/mol. The number of carboxylic acid groups (broad SMARTS) is 1. The van der Waals surface area contributed by atoms with Crippen molar-refractivity contribution in [2.45, 2.75) is 45.7 Å². The number of hydrogen-bond acceptors (Lipinski definition) is 4. The van der Waals surface area contributed by atoms with Gasteiger partial charge in [0.05, 0.1) is 0 Å². The van der Waals surface area contributed by atoms with Gasteiger partial charge in [0.15, 0.2) is 0 Å². The zero-order chi connectivity index (χ0) is 14.3. The van der Waals surface area contributed by atoms with Gasteiger partial charge in [-0.2, -0.15) is 0 Å². The molecule has 0 aliphatic carbocycles. The summed E-state index contributed by atoms with van der Waals surface area (Å²) in [6.07, 6.45) is 1.66. The molecule has 2 atom stereocenters. The molecule has 1 aliphatic heterocycles. The summed E-state index contributed by atoms with van der Waals surface area (Å²) in [4.78, 5) is 16.0. The molecule has 1 aliphatic rings. The molecular formula is C14H29N3O2. The van der Waals surface area contributed by atoms with Crippen LogP contribution in [0.4, 0.5) is 0 Å². The molecule has 0 saturated carbocycles. The molecule has 112 valence electrons. The van der Waals surface area contributed by atoms with E-state index in [1.807, 2.05) is 0 Å². The van der Waals surface area contributed by atoms with E-state index in [1.54, 1.807) is 0 Å². The first-order chi connectivity index (χ1) is 9.08. The van der Waals surface area contributed by atoms with E-state index in [1.165, 1.54) is 0 Å². The molecule has 1 rings (SSSR count). The van der Waals surface area contributed by atoms with E-state index in [-0.39, 0.29) is 0 Å². The Morgan fingerprint density at radius 3 is 2.68 bits per heavy atom. The fourth-order valence-corrected chi connectivity index (χ4v) is 2.69. The number of nitrogens with one attached hydrogen (secondary N) is 1. The van der Waals surface area contributed by atoms with Crippen LogP contribution in [0.5, 0.6) is 0 Å². The number of aliphatic carboxylic acids is 1. The van der Waals surface area contributed by atoms with Gasteiger partial charge in [-0.05, 0) is 32.9 Å². The molecule has 0 aromatic heterocycles. The number of rotatable bonds is 8. The summed E-state index contributed by atoms with van der Waals surface area (Å²) in [6, 6.07) is 0.171. The minimum absolute atomic E-state index is 0.403. The molecule has 0 bridgehead atoms. The van der Waals surface area contributed by atoms with Crippen molar-refractivity contribution >= 4 is 5.97 Å². The summed E-state index contributed by atoms with van der Waals surface area (Å²) in [5.74, 6) is -0.728. The summed E-state index contributed by atoms with van der Waals surface area (Å²) >= 11 is 0. The van der Waals surface area contributed by atoms with Crippen LogP contribution in [-0.2, 0) is 4.79 Å². The number of nitrogens with zero attached hydrogens (tertiary/aromatic N) is 2. The van der Waals surface area contributed by atoms with Crippen LogP contribution in [0.15, 0.2) is 0 Å². The van der Waals surface area contributed by atoms with Gasteiger partial charge in [0.1, 0.15) is 6.04 Å². The van der Waals surface area contributed by atoms with Crippen LogP contribution in [-0.4, -0.2) is 72.2 Å². The molecule has 5 nitrogen and oxygen atoms in total. The highest BCUT2D eigenvalue weighted by Gasteiger charge is 2.24. The number of hydrogen-bond donors (Lipinski definition) is 2. The Balaban J connectivity index is 2.32. The number of piperazine rings is 1. The Bertz CT molecular complexity index is 273. The van der Waals surface area contributed by atoms with Gasteiger partial charge in [-0.3, -0.25) is 9.69 Å². The van der Waals surface area contributed by atoms with E-state index in [9.17, 15) is 9.90 Å². The summed E-state index contributed by atoms with van der Waals surface area (Å²) in [5, 5.41) is 12.3. The van der Waals surface area contributed by atoms with E-state index >= 15 is 0 Å². The van der Waals surface area contributed by atoms with E-state index < -0.39 is 12.0 Å². The van der Waals surface area contributed by atoms with Gasteiger partial charge in [0.2, 0.25) is 0 Å². The lowest BCUT2D eigenvalue weighted by Gasteiger charge is -2.39. The SMILES string of the molecule is CCCNC(CCN1CCN(CC)C(C)C1)C(=O)O. The third-order valence-electron chi connectivity index (χ3n) is 3.93. The fourth-order valence-electron chi connectivity index (χ4n) is 2.69. The second-order valence-electron chi connectivity index (χ2n) is 5.41. The first-order valence-electron chi connectivity index (χ1n) is 7.51. The third-order valence-corrected chi connectivity index (χ3v) is 3.93. The summed E-state index contributed by atoms with van der Waals surface area (Å²) in [7, 11) is 0. The zero-order valence-corrected chi connectivity index (χ0v) is 12.6. The second kappa shape index (κ2) is 8.51. The van der Waals surface area contributed by atoms with Gasteiger partial charge in [0, 0.05) is 32.2 Å². The first kappa shape index (κ1) is 16.4. The van der Waals surface area contributed by atoms with Crippen molar-refractivity contribution in [3.8, 4) is 0 Å². The Hall–Kier alpha value is -0.650. The normalized spacial score (nSPS) is 23.4. The van der Waals surface area contributed by atoms with Crippen LogP contribution in [0.25, 0.3) is 0 Å². The Kier molecular flexibility index (Phi) is 7.34. The van der Waals surface area contributed by atoms with Gasteiger partial charge in [-0.25, -0.2) is 0 Å². The average molecular weight is 271 g/mol. The molecule has 0 radical (unpaired) electrons. The largest absolute Gasteiger partial charge is 0.480 e. The smallest absolute Gasteiger partial charge is 0.320 e. The lowest BCUT2D eigenvalue weighted by Crippen LogP contribution is -2.52. The highest BCUT2D eigenvalue weighted by molar-refractivity contribution is 5.73. The van der Waals surface area contributed by atoms with E-state index in [0.29, 0.717) is 12.5 Å². The minimum atomic E-state index is -0.728. The maximum absolute atomic E-state index is 11.2. The van der Waals surface area contributed by atoms with Crippen LogP contribution in [0.3, 0.4) is 0 Å². The molecule has 0 spiro atoms. The Morgan fingerprint density at radius 1 is 1.42 bits per heavy atom. The Morgan fingerprint density at radius 2 is 2.16 bits per heavy atom. The molecule has 2 unspecified atom stereocenters. The van der Waals surface area contributed by atoms with Gasteiger partial charge >= 0.3 is 5.97 Å². The average Bonchev–Trinajstić information content (AvgIpc) is 2.38. The Labute approximate surface area is 117 Å². The van der Waals surface area contributed by atoms with Gasteiger partial charge in [-0.15, -0.1) is 0 Å². The number of likely N-dealkylation sites (N-methyl/N-ethyl adjacent to an activating group) is 1. The highest BCUT2D eigenvalue weighted by atomic mass is 16.4. The van der Waals surface area contributed by atoms with Gasteiger partial charge < -0.3 is 15.3 Å². The summed E-state index contributed by atoms with van der Waals surface area (Å²) < 4.78 is 0. The second-order valence-corrected chi connectivity index (χ2v) is 5.41. The fraction of sp³-hybridized carbons (Fsp3) is 0.929. The van der Waals surface area contributed by atoms with Gasteiger partial charge in [-0.1, -0.05) is 13.8 Å². The van der Waals surface area contributed by atoms with Crippen molar-refractivity contribution in [3.05, 3.63) is 0 Å². The zero-order valence-electron chi connectivity index (χ0n) is 12.6. The van der Waals surface area contributed by atoms with Gasteiger partial charge in [0.25, 0.3) is 0 Å². The van der Waals surface area contributed by atoms with Crippen molar-refractivity contribution in [1.29, 1.82) is 0 Å². The maximum Gasteiger partial charge on any atom is 0.320 e. The van der Waals surface area contributed by atoms with Crippen LogP contribution >= 0.6 is 0 Å². The van der Waals surface area contributed by atoms with E-state index in [4.69, 9.17) is 0 Å². The monoisotopic (exact) mass is 271 g/mol. The van der Waals surface area contributed by atoms with Crippen LogP contribution in [0, 0.1) is 0 Å². The van der Waals surface area contributed by atoms with Crippen molar-refractivity contribution in [2.75, 3.05) is 39.3 Å². The molecule has 2 N–H and O–H groups in total. The molecule has 0 aromatic rings. The van der Waals surface area contributed by atoms with Crippen LogP contribution in [0.1, 0.15) is 33.6 Å². The van der Waals surface area contributed by atoms with Crippen LogP contribution in [0.2, 0.25) is 0 Å². The highest BCUT2D eigenvalue weighted by Crippen LogP contribution is 2.09. The van der Waals surface area contributed by atoms with E-state index in [2.05, 4.69) is 35.9 Å². The number of carbonyl (C=O) groups is 1. The van der Waals surface area contributed by atoms with E-state index in [0.717, 1.165) is 45.7 Å². The molecule has 1 saturated heterocycles. The number of carboxylic acids is 1. The van der Waals surface area contributed by atoms with Crippen molar-refractivity contribution in [3.63, 3.8) is 0 Å². The summed E-state index contributed by atoms with van der Waals surface area (Å²) in [6.45, 7) is 12.4. The van der Waals surface area contributed by atoms with Crippen molar-refractivity contribution in [1.82, 2.24) is 15.1 Å². The molecule has 1 heterocycles. The molecule has 0 amide bonds. The topological polar surface area (TPSA) is 55.8 Å². The molecule has 5 heteroatoms. The van der Waals surface area contributed by atoms with Crippen molar-refractivity contribution in [2.24, 2.45) is 0 Å². The standard InChI is InChI=1S/C14H29N3O2/c1-4-7-15-13(14(18)19)6-8-16-9-10-17(5-2)12(3)11-16/h12-13,15H,4-11H2,1-3H3,(H,18,19). The van der Waals surface area contributed by atoms with Crippen molar-refractivity contribution < 1.29 is 9.90 Å². The summed E-state index contributed by atoms with van der Waals surface area (Å²) in [5.41, 5.74) is 0. The maximum atomic E-state index is 11.2. The predicted molar refractivity (Wildman–Crippen MR) is 77.5 cm³/mol. The first-order valence-corrected chi connectivity index (χ1v) is 7.51. The third kappa shape index (κ3) is 5.47. The lowest BCUT2D eigenvalue weighted by molar-refractivity contribution is -0.139. The minimum Gasteiger partial charge on any atom is -0.480 e. The molecule has 1 fully saturated rings.